The van der Waals surface area contributed by atoms with Gasteiger partial charge in [0.05, 0.1) is 6.10 Å². The summed E-state index contributed by atoms with van der Waals surface area (Å²) in [5.41, 5.74) is 6.28. The Morgan fingerprint density at radius 1 is 1.00 bits per heavy atom. The van der Waals surface area contributed by atoms with Crippen LogP contribution in [0.3, 0.4) is 0 Å². The molecule has 7 unspecified atom stereocenters. The molecular weight excluding hydrogens is 701 g/mol. The molecule has 288 valence electrons. The van der Waals surface area contributed by atoms with Crippen molar-refractivity contribution >= 4 is 45.3 Å². The summed E-state index contributed by atoms with van der Waals surface area (Å²) >= 11 is 0. The fraction of sp³-hybridized carbons (Fsp3) is 0.545. The van der Waals surface area contributed by atoms with E-state index in [9.17, 15) is 14.4 Å². The zero-order valence-electron chi connectivity index (χ0n) is 32.4. The number of carbonyl (C=O) groups is 3. The van der Waals surface area contributed by atoms with Crippen LogP contribution in [0.4, 0.5) is 0 Å². The number of carboxylic acid groups (broad SMARTS) is 1. The van der Waals surface area contributed by atoms with E-state index in [-0.39, 0.29) is 35.9 Å². The van der Waals surface area contributed by atoms with Crippen molar-refractivity contribution in [3.63, 3.8) is 0 Å². The Hall–Kier alpha value is -3.14. The van der Waals surface area contributed by atoms with Crippen LogP contribution in [-0.2, 0) is 25.7 Å². The molecule has 0 bridgehead atoms. The molecule has 0 radical (unpaired) electrons. The number of methoxy groups -OCH3 is 1. The second-order valence-corrected chi connectivity index (χ2v) is 18.6. The lowest BCUT2D eigenvalue weighted by Gasteiger charge is -2.58. The highest BCUT2D eigenvalue weighted by Crippen LogP contribution is 2.66. The Kier molecular flexibility index (Phi) is 16.1. The summed E-state index contributed by atoms with van der Waals surface area (Å²) < 4.78 is 5.71. The number of allylic oxidation sites excluding steroid dienone is 3. The highest BCUT2D eigenvalue weighted by Gasteiger charge is 2.56. The fourth-order valence-electron chi connectivity index (χ4n) is 9.34. The zero-order valence-corrected chi connectivity index (χ0v) is 34.0. The predicted molar refractivity (Wildman–Crippen MR) is 220 cm³/mol. The normalized spacial score (nSPS) is 28.0. The first-order valence-electron chi connectivity index (χ1n) is 19.1. The Balaban J connectivity index is 0.000000228. The number of rotatable bonds is 13. The van der Waals surface area contributed by atoms with Crippen molar-refractivity contribution in [3.8, 4) is 0 Å². The minimum atomic E-state index is -1.02. The summed E-state index contributed by atoms with van der Waals surface area (Å²) in [7, 11) is 5.02. The van der Waals surface area contributed by atoms with Gasteiger partial charge in [-0.05, 0) is 96.3 Å². The van der Waals surface area contributed by atoms with Gasteiger partial charge in [0.15, 0.2) is 0 Å². The first kappa shape index (κ1) is 42.6. The van der Waals surface area contributed by atoms with Crippen LogP contribution in [-0.4, -0.2) is 63.4 Å². The van der Waals surface area contributed by atoms with Gasteiger partial charge in [0.2, 0.25) is 5.91 Å². The molecule has 2 aromatic rings. The molecule has 1 heterocycles. The zero-order chi connectivity index (χ0) is 38.6. The molecule has 2 fully saturated rings. The molecule has 1 aromatic heterocycles. The summed E-state index contributed by atoms with van der Waals surface area (Å²) in [4.78, 5) is 39.7. The number of ether oxygens (including phenoxy) is 1. The number of carbonyl (C=O) groups excluding carboxylic acids is 2. The number of benzene rings is 1. The lowest BCUT2D eigenvalue weighted by molar-refractivity contribution is -0.144. The highest BCUT2D eigenvalue weighted by atomic mass is 33.1. The van der Waals surface area contributed by atoms with Crippen molar-refractivity contribution in [3.05, 3.63) is 96.9 Å². The first-order valence-corrected chi connectivity index (χ1v) is 21.4. The molecule has 1 N–H and O–H groups in total. The molecular formula is C44H60N2O5S2. The van der Waals surface area contributed by atoms with Gasteiger partial charge in [0.25, 0.3) is 0 Å². The van der Waals surface area contributed by atoms with Gasteiger partial charge in [0.1, 0.15) is 12.8 Å². The number of aromatic nitrogens is 1. The Labute approximate surface area is 325 Å². The highest BCUT2D eigenvalue weighted by molar-refractivity contribution is 8.77. The van der Waals surface area contributed by atoms with E-state index in [1.807, 2.05) is 57.5 Å². The van der Waals surface area contributed by atoms with Gasteiger partial charge >= 0.3 is 5.97 Å². The Bertz CT molecular complexity index is 1570. The van der Waals surface area contributed by atoms with Crippen molar-refractivity contribution in [2.24, 2.45) is 28.6 Å². The van der Waals surface area contributed by atoms with Crippen molar-refractivity contribution < 1.29 is 24.2 Å². The summed E-state index contributed by atoms with van der Waals surface area (Å²) in [5.74, 6) is 1.29. The Morgan fingerprint density at radius 3 is 2.38 bits per heavy atom. The number of carboxylic acids is 1. The second kappa shape index (κ2) is 20.0. The van der Waals surface area contributed by atoms with Crippen LogP contribution < -0.4 is 0 Å². The first-order chi connectivity index (χ1) is 25.5. The van der Waals surface area contributed by atoms with Gasteiger partial charge in [-0.2, -0.15) is 0 Å². The molecule has 0 saturated heterocycles. The topological polar surface area (TPSA) is 96.8 Å². The minimum absolute atomic E-state index is 0.0451. The smallest absolute Gasteiger partial charge is 0.323 e. The van der Waals surface area contributed by atoms with Crippen LogP contribution in [0.1, 0.15) is 96.6 Å². The minimum Gasteiger partial charge on any atom is -0.480 e. The number of aldehydes is 1. The second-order valence-electron chi connectivity index (χ2n) is 15.5. The number of amides is 1. The molecule has 8 atom stereocenters. The molecule has 0 spiro atoms. The maximum absolute atomic E-state index is 12.4. The fourth-order valence-corrected chi connectivity index (χ4v) is 11.7. The maximum atomic E-state index is 12.4. The van der Waals surface area contributed by atoms with E-state index >= 15 is 0 Å². The third-order valence-corrected chi connectivity index (χ3v) is 15.5. The lowest BCUT2D eigenvalue weighted by atomic mass is 9.47. The molecule has 1 aromatic carbocycles. The van der Waals surface area contributed by atoms with E-state index in [1.54, 1.807) is 32.7 Å². The van der Waals surface area contributed by atoms with E-state index in [2.05, 4.69) is 62.5 Å². The molecule has 53 heavy (non-hydrogen) atoms. The van der Waals surface area contributed by atoms with E-state index in [4.69, 9.17) is 9.84 Å². The average molecular weight is 761 g/mol. The van der Waals surface area contributed by atoms with E-state index in [1.165, 1.54) is 49.0 Å². The van der Waals surface area contributed by atoms with Crippen LogP contribution >= 0.6 is 21.6 Å². The van der Waals surface area contributed by atoms with Crippen LogP contribution in [0.5, 0.6) is 0 Å². The number of pyridine rings is 1. The third kappa shape index (κ3) is 10.5. The van der Waals surface area contributed by atoms with Crippen LogP contribution in [0.15, 0.2) is 85.7 Å². The molecule has 6 rings (SSSR count). The number of fused-ring (bicyclic) bond motifs is 5. The summed E-state index contributed by atoms with van der Waals surface area (Å²) in [6.45, 7) is 15.0. The summed E-state index contributed by atoms with van der Waals surface area (Å²) in [6, 6.07) is 13.7. The monoisotopic (exact) mass is 760 g/mol. The van der Waals surface area contributed by atoms with Crippen molar-refractivity contribution in [2.75, 3.05) is 13.7 Å². The van der Waals surface area contributed by atoms with E-state index in [0.717, 1.165) is 36.0 Å². The molecule has 4 aliphatic carbocycles. The van der Waals surface area contributed by atoms with Crippen molar-refractivity contribution in [2.45, 2.75) is 109 Å². The van der Waals surface area contributed by atoms with Crippen LogP contribution in [0.2, 0.25) is 0 Å². The molecule has 4 aliphatic rings. The largest absolute Gasteiger partial charge is 0.480 e. The van der Waals surface area contributed by atoms with Crippen molar-refractivity contribution in [1.82, 2.24) is 9.88 Å². The average Bonchev–Trinajstić information content (AvgIpc) is 3.52. The molecule has 9 heteroatoms. The van der Waals surface area contributed by atoms with Gasteiger partial charge in [-0.1, -0.05) is 103 Å². The molecule has 2 saturated carbocycles. The number of hydrogen-bond donors (Lipinski definition) is 1. The van der Waals surface area contributed by atoms with Crippen LogP contribution in [0.25, 0.3) is 5.57 Å². The van der Waals surface area contributed by atoms with Gasteiger partial charge in [-0.15, -0.1) is 13.2 Å². The number of hydrogen-bond acceptors (Lipinski definition) is 7. The molecule has 1 amide bonds. The van der Waals surface area contributed by atoms with Gasteiger partial charge in [0, 0.05) is 49.4 Å². The van der Waals surface area contributed by atoms with E-state index < -0.39 is 5.97 Å². The standard InChI is InChI=1S/C25H33NO.C17H23NO4S2.C2H4/c1-24-12-10-19(27-3)15-18(24)6-7-20-22-9-8-21(17-5-4-14-26-16-17)25(22,2)13-11-23(20)24;1-13(8-9-19)23-24-14(2)10-16(20)18(12-17(21)22)11-15-6-4-3-5-7-15;1-2/h4-6,8,14,16,19-20,22-23H,7,9-13,15H2,1-3H3;3-7,9,13-14H,8,10-12H2,1-2H3,(H,21,22);1-2H2/t19?,20?,22?,23-,24?,25?;;/m0../s1. The lowest BCUT2D eigenvalue weighted by Crippen LogP contribution is -2.49. The Morgan fingerprint density at radius 2 is 1.72 bits per heavy atom. The maximum Gasteiger partial charge on any atom is 0.323 e. The third-order valence-electron chi connectivity index (χ3n) is 12.1. The van der Waals surface area contributed by atoms with Gasteiger partial charge < -0.3 is 19.5 Å². The molecule has 0 aliphatic heterocycles. The molecule has 7 nitrogen and oxygen atoms in total. The summed E-state index contributed by atoms with van der Waals surface area (Å²) in [6.07, 6.45) is 20.2. The predicted octanol–water partition coefficient (Wildman–Crippen LogP) is 10.1. The SMILES string of the molecule is C=C.CC(CC=O)SSC(C)CC(=O)N(CC(=O)O)Cc1ccccc1.COC1CCC2(C)C(=CCC3C4CC=C(c5cccnc5)C4(C)CC[C@@H]32)C1. The van der Waals surface area contributed by atoms with Gasteiger partial charge in [-0.25, -0.2) is 0 Å². The van der Waals surface area contributed by atoms with Crippen molar-refractivity contribution in [1.29, 1.82) is 0 Å². The quantitative estimate of drug-likeness (QED) is 0.122. The number of nitrogens with zero attached hydrogens (tertiary/aromatic N) is 2. The van der Waals surface area contributed by atoms with Crippen LogP contribution in [0, 0.1) is 28.6 Å². The number of aliphatic carboxylic acids is 1. The van der Waals surface area contributed by atoms with Gasteiger partial charge in [-0.3, -0.25) is 14.6 Å². The summed E-state index contributed by atoms with van der Waals surface area (Å²) in [5, 5.41) is 9.29. The van der Waals surface area contributed by atoms with E-state index in [0.29, 0.717) is 23.4 Å².